The van der Waals surface area contributed by atoms with Crippen molar-refractivity contribution in [3.05, 3.63) is 17.6 Å². The molecule has 1 aliphatic heterocycles. The van der Waals surface area contributed by atoms with Gasteiger partial charge in [0.25, 0.3) is 0 Å². The summed E-state index contributed by atoms with van der Waals surface area (Å²) in [7, 11) is 0. The normalized spacial score (nSPS) is 15.7. The molecular formula is C15H24N4OS. The first kappa shape index (κ1) is 16.1. The van der Waals surface area contributed by atoms with Gasteiger partial charge >= 0.3 is 0 Å². The molecule has 0 saturated carbocycles. The summed E-state index contributed by atoms with van der Waals surface area (Å²) in [5.41, 5.74) is 1.00. The van der Waals surface area contributed by atoms with E-state index in [4.69, 9.17) is 0 Å². The molecule has 0 aliphatic carbocycles. The number of thioether (sulfide) groups is 1. The third kappa shape index (κ3) is 4.09. The smallest absolute Gasteiger partial charge is 0.232 e. The second kappa shape index (κ2) is 7.11. The maximum atomic E-state index is 11.9. The van der Waals surface area contributed by atoms with Gasteiger partial charge in [0, 0.05) is 43.9 Å². The molecule has 0 N–H and O–H groups in total. The Labute approximate surface area is 131 Å². The predicted molar refractivity (Wildman–Crippen MR) is 88.0 cm³/mol. The molecule has 2 heterocycles. The summed E-state index contributed by atoms with van der Waals surface area (Å²) >= 11 is 1.58. The van der Waals surface area contributed by atoms with Crippen molar-refractivity contribution in [2.24, 2.45) is 0 Å². The molecule has 1 aromatic rings. The molecule has 0 atom stereocenters. The molecule has 0 unspecified atom stereocenters. The van der Waals surface area contributed by atoms with Crippen molar-refractivity contribution in [2.75, 3.05) is 43.1 Å². The Balaban J connectivity index is 2.03. The van der Waals surface area contributed by atoms with Gasteiger partial charge in [0.2, 0.25) is 5.91 Å². The van der Waals surface area contributed by atoms with Crippen molar-refractivity contribution < 1.29 is 4.79 Å². The molecular weight excluding hydrogens is 284 g/mol. The van der Waals surface area contributed by atoms with Crippen LogP contribution in [0.2, 0.25) is 0 Å². The van der Waals surface area contributed by atoms with E-state index < -0.39 is 0 Å². The lowest BCUT2D eigenvalue weighted by molar-refractivity contribution is -0.128. The molecule has 0 aromatic carbocycles. The number of amides is 1. The van der Waals surface area contributed by atoms with Gasteiger partial charge in [-0.1, -0.05) is 13.8 Å². The lowest BCUT2D eigenvalue weighted by Gasteiger charge is -2.35. The number of aromatic nitrogens is 2. The molecule has 6 heteroatoms. The average molecular weight is 308 g/mol. The maximum absolute atomic E-state index is 11.9. The van der Waals surface area contributed by atoms with Gasteiger partial charge in [-0.15, -0.1) is 0 Å². The molecule has 0 bridgehead atoms. The topological polar surface area (TPSA) is 49.3 Å². The molecule has 1 amide bonds. The van der Waals surface area contributed by atoms with Crippen molar-refractivity contribution in [3.63, 3.8) is 0 Å². The highest BCUT2D eigenvalue weighted by Crippen LogP contribution is 2.18. The Hall–Kier alpha value is -1.30. The van der Waals surface area contributed by atoms with Crippen LogP contribution in [0.25, 0.3) is 0 Å². The van der Waals surface area contributed by atoms with E-state index in [0.717, 1.165) is 43.5 Å². The first-order valence-corrected chi connectivity index (χ1v) is 8.78. The van der Waals surface area contributed by atoms with Crippen molar-refractivity contribution >= 4 is 23.5 Å². The molecule has 1 saturated heterocycles. The molecule has 0 spiro atoms. The Morgan fingerprint density at radius 1 is 1.29 bits per heavy atom. The summed E-state index contributed by atoms with van der Waals surface area (Å²) < 4.78 is 0. The fourth-order valence-electron chi connectivity index (χ4n) is 2.39. The largest absolute Gasteiger partial charge is 0.353 e. The highest BCUT2D eigenvalue weighted by molar-refractivity contribution is 7.99. The van der Waals surface area contributed by atoms with Gasteiger partial charge in [-0.2, -0.15) is 11.8 Å². The first-order valence-electron chi connectivity index (χ1n) is 7.38. The van der Waals surface area contributed by atoms with E-state index in [1.807, 2.05) is 24.1 Å². The SMILES string of the molecule is CSCC(=O)N1CCN(c2cc(C)nc(C(C)C)n2)CC1. The number of piperazine rings is 1. The highest BCUT2D eigenvalue weighted by Gasteiger charge is 2.22. The zero-order valence-electron chi connectivity index (χ0n) is 13.3. The molecule has 1 aliphatic rings. The van der Waals surface area contributed by atoms with Gasteiger partial charge in [0.1, 0.15) is 11.6 Å². The summed E-state index contributed by atoms with van der Waals surface area (Å²) in [5.74, 6) is 3.02. The third-order valence-corrected chi connectivity index (χ3v) is 4.13. The maximum Gasteiger partial charge on any atom is 0.232 e. The average Bonchev–Trinajstić information content (AvgIpc) is 2.47. The summed E-state index contributed by atoms with van der Waals surface area (Å²) in [4.78, 5) is 25.3. The van der Waals surface area contributed by atoms with E-state index >= 15 is 0 Å². The third-order valence-electron chi connectivity index (χ3n) is 3.60. The van der Waals surface area contributed by atoms with E-state index in [-0.39, 0.29) is 5.91 Å². The molecule has 1 fully saturated rings. The second-order valence-electron chi connectivity index (χ2n) is 5.68. The number of nitrogens with zero attached hydrogens (tertiary/aromatic N) is 4. The standard InChI is InChI=1S/C15H24N4OS/c1-11(2)15-16-12(3)9-13(17-15)18-5-7-19(8-6-18)14(20)10-21-4/h9,11H,5-8,10H2,1-4H3. The number of carbonyl (C=O) groups is 1. The van der Waals surface area contributed by atoms with Crippen LogP contribution in [0.3, 0.4) is 0 Å². The van der Waals surface area contributed by atoms with E-state index in [2.05, 4.69) is 28.7 Å². The molecule has 5 nitrogen and oxygen atoms in total. The second-order valence-corrected chi connectivity index (χ2v) is 6.55. The molecule has 21 heavy (non-hydrogen) atoms. The summed E-state index contributed by atoms with van der Waals surface area (Å²) in [6, 6.07) is 2.03. The van der Waals surface area contributed by atoms with Crippen LogP contribution < -0.4 is 4.90 Å². The number of rotatable bonds is 4. The molecule has 116 valence electrons. The predicted octanol–water partition coefficient (Wildman–Crippen LogP) is 1.92. The molecule has 0 radical (unpaired) electrons. The van der Waals surface area contributed by atoms with Crippen LogP contribution in [0.4, 0.5) is 5.82 Å². The van der Waals surface area contributed by atoms with E-state index in [1.165, 1.54) is 0 Å². The fourth-order valence-corrected chi connectivity index (χ4v) is 2.82. The van der Waals surface area contributed by atoms with E-state index in [1.54, 1.807) is 11.8 Å². The van der Waals surface area contributed by atoms with Crippen molar-refractivity contribution in [1.82, 2.24) is 14.9 Å². The zero-order chi connectivity index (χ0) is 15.4. The van der Waals surface area contributed by atoms with Crippen LogP contribution in [0.1, 0.15) is 31.3 Å². The number of hydrogen-bond acceptors (Lipinski definition) is 5. The van der Waals surface area contributed by atoms with Crippen LogP contribution in [0, 0.1) is 6.92 Å². The Kier molecular flexibility index (Phi) is 5.45. The Morgan fingerprint density at radius 2 is 1.95 bits per heavy atom. The van der Waals surface area contributed by atoms with E-state index in [0.29, 0.717) is 11.7 Å². The van der Waals surface area contributed by atoms with Crippen molar-refractivity contribution in [1.29, 1.82) is 0 Å². The van der Waals surface area contributed by atoms with Gasteiger partial charge in [0.05, 0.1) is 5.75 Å². The summed E-state index contributed by atoms with van der Waals surface area (Å²) in [6.45, 7) is 9.46. The monoisotopic (exact) mass is 308 g/mol. The van der Waals surface area contributed by atoms with Crippen LogP contribution in [0.5, 0.6) is 0 Å². The van der Waals surface area contributed by atoms with Gasteiger partial charge in [-0.25, -0.2) is 9.97 Å². The minimum absolute atomic E-state index is 0.240. The van der Waals surface area contributed by atoms with Crippen LogP contribution in [-0.4, -0.2) is 59.0 Å². The lowest BCUT2D eigenvalue weighted by Crippen LogP contribution is -2.49. The minimum atomic E-state index is 0.240. The minimum Gasteiger partial charge on any atom is -0.353 e. The number of carbonyl (C=O) groups excluding carboxylic acids is 1. The zero-order valence-corrected chi connectivity index (χ0v) is 14.1. The lowest BCUT2D eigenvalue weighted by atomic mass is 10.2. The van der Waals surface area contributed by atoms with Gasteiger partial charge in [0.15, 0.2) is 0 Å². The van der Waals surface area contributed by atoms with Gasteiger partial charge < -0.3 is 9.80 Å². The highest BCUT2D eigenvalue weighted by atomic mass is 32.2. The Bertz CT molecular complexity index is 498. The first-order chi connectivity index (χ1) is 10.0. The van der Waals surface area contributed by atoms with Crippen molar-refractivity contribution in [2.45, 2.75) is 26.7 Å². The fraction of sp³-hybridized carbons (Fsp3) is 0.667. The summed E-state index contributed by atoms with van der Waals surface area (Å²) in [5, 5.41) is 0. The van der Waals surface area contributed by atoms with Crippen LogP contribution in [-0.2, 0) is 4.79 Å². The van der Waals surface area contributed by atoms with Gasteiger partial charge in [-0.05, 0) is 13.2 Å². The van der Waals surface area contributed by atoms with Crippen LogP contribution >= 0.6 is 11.8 Å². The molecule has 1 aromatic heterocycles. The van der Waals surface area contributed by atoms with Crippen molar-refractivity contribution in [3.8, 4) is 0 Å². The number of aryl methyl sites for hydroxylation is 1. The van der Waals surface area contributed by atoms with Gasteiger partial charge in [-0.3, -0.25) is 4.79 Å². The van der Waals surface area contributed by atoms with E-state index in [9.17, 15) is 4.79 Å². The summed E-state index contributed by atoms with van der Waals surface area (Å²) in [6.07, 6.45) is 1.96. The quantitative estimate of drug-likeness (QED) is 0.850. The Morgan fingerprint density at radius 3 is 2.52 bits per heavy atom. The number of anilines is 1. The number of hydrogen-bond donors (Lipinski definition) is 0. The van der Waals surface area contributed by atoms with Crippen LogP contribution in [0.15, 0.2) is 6.07 Å². The molecule has 2 rings (SSSR count).